The van der Waals surface area contributed by atoms with Crippen molar-refractivity contribution in [3.63, 3.8) is 0 Å². The van der Waals surface area contributed by atoms with E-state index in [1.54, 1.807) is 0 Å². The summed E-state index contributed by atoms with van der Waals surface area (Å²) in [5, 5.41) is 8.78. The van der Waals surface area contributed by atoms with E-state index in [9.17, 15) is 0 Å². The molecule has 3 heteroatoms. The van der Waals surface area contributed by atoms with Crippen LogP contribution in [0.25, 0.3) is 0 Å². The highest BCUT2D eigenvalue weighted by Gasteiger charge is 2.22. The van der Waals surface area contributed by atoms with Crippen LogP contribution in [0.2, 0.25) is 0 Å². The van der Waals surface area contributed by atoms with Crippen LogP contribution in [-0.2, 0) is 0 Å². The molecule has 0 aromatic rings. The van der Waals surface area contributed by atoms with Crippen molar-refractivity contribution in [2.45, 2.75) is 31.7 Å². The lowest BCUT2D eigenvalue weighted by molar-refractivity contribution is 0.230. The number of thiol groups is 1. The summed E-state index contributed by atoms with van der Waals surface area (Å²) >= 11 is 4.14. The summed E-state index contributed by atoms with van der Waals surface area (Å²) in [5.74, 6) is 0.829. The molecule has 1 saturated heterocycles. The Labute approximate surface area is 92.4 Å². The Hall–Kier alpha value is 0.01000. The predicted octanol–water partition coefficient (Wildman–Crippen LogP) is 1.71. The van der Waals surface area contributed by atoms with E-state index in [-0.39, 0.29) is 0 Å². The number of likely N-dealkylation sites (tertiary alicyclic amines) is 1. The molecule has 1 rings (SSSR count). The highest BCUT2D eigenvalue weighted by molar-refractivity contribution is 7.80. The van der Waals surface area contributed by atoms with Gasteiger partial charge < -0.3 is 5.11 Å². The fraction of sp³-hybridized carbons (Fsp3) is 0.818. The van der Waals surface area contributed by atoms with Gasteiger partial charge in [0.05, 0.1) is 0 Å². The number of aliphatic hydroxyl groups is 1. The topological polar surface area (TPSA) is 23.5 Å². The highest BCUT2D eigenvalue weighted by atomic mass is 32.1. The lowest BCUT2D eigenvalue weighted by atomic mass is 10.1. The van der Waals surface area contributed by atoms with Crippen molar-refractivity contribution in [3.8, 4) is 0 Å². The van der Waals surface area contributed by atoms with Crippen LogP contribution < -0.4 is 0 Å². The van der Waals surface area contributed by atoms with Crippen LogP contribution in [0.3, 0.4) is 0 Å². The van der Waals surface area contributed by atoms with Gasteiger partial charge in [0.1, 0.15) is 0 Å². The van der Waals surface area contributed by atoms with Gasteiger partial charge in [0.25, 0.3) is 0 Å². The van der Waals surface area contributed by atoms with Gasteiger partial charge in [-0.3, -0.25) is 4.90 Å². The third-order valence-electron chi connectivity index (χ3n) is 2.81. The van der Waals surface area contributed by atoms with Crippen LogP contribution in [0, 0.1) is 0 Å². The number of aliphatic hydroxyl groups excluding tert-OH is 1. The van der Waals surface area contributed by atoms with E-state index in [0.717, 1.165) is 25.1 Å². The van der Waals surface area contributed by atoms with Gasteiger partial charge in [-0.15, -0.1) is 0 Å². The quantitative estimate of drug-likeness (QED) is 0.520. The van der Waals surface area contributed by atoms with Crippen LogP contribution in [0.15, 0.2) is 12.2 Å². The van der Waals surface area contributed by atoms with E-state index >= 15 is 0 Å². The van der Waals surface area contributed by atoms with E-state index in [1.165, 1.54) is 19.4 Å². The summed E-state index contributed by atoms with van der Waals surface area (Å²) in [6.45, 7) is 2.60. The summed E-state index contributed by atoms with van der Waals surface area (Å²) in [6, 6.07) is 0.701. The summed E-state index contributed by atoms with van der Waals surface area (Å²) in [5.41, 5.74) is 0. The Kier molecular flexibility index (Phi) is 6.32. The summed E-state index contributed by atoms with van der Waals surface area (Å²) in [7, 11) is 0. The molecule has 0 amide bonds. The number of rotatable bonds is 6. The van der Waals surface area contributed by atoms with Gasteiger partial charge in [0.15, 0.2) is 0 Å². The maximum Gasteiger partial charge on any atom is 0.0431 e. The van der Waals surface area contributed by atoms with Gasteiger partial charge in [-0.1, -0.05) is 12.2 Å². The molecule has 1 atom stereocenters. The summed E-state index contributed by atoms with van der Waals surface area (Å²) in [6.07, 6.45) is 9.00. The van der Waals surface area contributed by atoms with E-state index in [0.29, 0.717) is 12.6 Å². The molecule has 0 aliphatic carbocycles. The Morgan fingerprint density at radius 1 is 1.43 bits per heavy atom. The first-order valence-corrected chi connectivity index (χ1v) is 6.12. The molecule has 1 unspecified atom stereocenters. The normalized spacial score (nSPS) is 23.7. The van der Waals surface area contributed by atoms with Crippen molar-refractivity contribution in [1.82, 2.24) is 4.90 Å². The molecule has 1 heterocycles. The zero-order valence-electron chi connectivity index (χ0n) is 8.73. The molecule has 82 valence electrons. The fourth-order valence-electron chi connectivity index (χ4n) is 2.07. The van der Waals surface area contributed by atoms with Crippen LogP contribution >= 0.6 is 12.6 Å². The largest absolute Gasteiger partial charge is 0.396 e. The van der Waals surface area contributed by atoms with Crippen molar-refractivity contribution < 1.29 is 5.11 Å². The average Bonchev–Trinajstić information content (AvgIpc) is 2.63. The van der Waals surface area contributed by atoms with Gasteiger partial charge in [0, 0.05) is 24.9 Å². The van der Waals surface area contributed by atoms with Crippen molar-refractivity contribution >= 4 is 12.6 Å². The molecular formula is C11H21NOS. The first-order chi connectivity index (χ1) is 6.88. The molecule has 1 N–H and O–H groups in total. The molecule has 1 aliphatic rings. The van der Waals surface area contributed by atoms with Crippen LogP contribution in [0.4, 0.5) is 0 Å². The predicted molar refractivity (Wildman–Crippen MR) is 63.9 cm³/mol. The van der Waals surface area contributed by atoms with Crippen LogP contribution in [0.1, 0.15) is 25.7 Å². The molecular weight excluding hydrogens is 194 g/mol. The minimum atomic E-state index is 0.330. The molecule has 0 saturated carbocycles. The second kappa shape index (κ2) is 7.32. The molecule has 1 aliphatic heterocycles. The Morgan fingerprint density at radius 3 is 3.00 bits per heavy atom. The minimum Gasteiger partial charge on any atom is -0.396 e. The van der Waals surface area contributed by atoms with Gasteiger partial charge in [-0.25, -0.2) is 0 Å². The van der Waals surface area contributed by atoms with Crippen LogP contribution in [0.5, 0.6) is 0 Å². The molecule has 0 aromatic carbocycles. The zero-order chi connectivity index (χ0) is 10.2. The minimum absolute atomic E-state index is 0.330. The Bertz CT molecular complexity index is 173. The van der Waals surface area contributed by atoms with Gasteiger partial charge in [0.2, 0.25) is 0 Å². The number of nitrogens with zero attached hydrogens (tertiary/aromatic N) is 1. The van der Waals surface area contributed by atoms with Crippen LogP contribution in [-0.4, -0.2) is 41.5 Å². The zero-order valence-corrected chi connectivity index (χ0v) is 9.62. The first-order valence-electron chi connectivity index (χ1n) is 5.49. The molecule has 14 heavy (non-hydrogen) atoms. The smallest absolute Gasteiger partial charge is 0.0431 e. The fourth-order valence-corrected chi connectivity index (χ4v) is 2.22. The molecule has 0 bridgehead atoms. The first kappa shape index (κ1) is 12.1. The SMILES string of the molecule is OCCCC1CCCN1CC=CCS. The van der Waals surface area contributed by atoms with E-state index < -0.39 is 0 Å². The number of hydrogen-bond donors (Lipinski definition) is 2. The van der Waals surface area contributed by atoms with Gasteiger partial charge in [-0.05, 0) is 32.2 Å². The van der Waals surface area contributed by atoms with Crippen molar-refractivity contribution in [3.05, 3.63) is 12.2 Å². The molecule has 2 nitrogen and oxygen atoms in total. The Balaban J connectivity index is 2.24. The maximum atomic E-state index is 8.78. The second-order valence-corrected chi connectivity index (χ2v) is 4.18. The maximum absolute atomic E-state index is 8.78. The third kappa shape index (κ3) is 4.03. The summed E-state index contributed by atoms with van der Waals surface area (Å²) in [4.78, 5) is 2.51. The average molecular weight is 215 g/mol. The van der Waals surface area contributed by atoms with Gasteiger partial charge in [-0.2, -0.15) is 12.6 Å². The Morgan fingerprint density at radius 2 is 2.29 bits per heavy atom. The lowest BCUT2D eigenvalue weighted by Crippen LogP contribution is -2.29. The lowest BCUT2D eigenvalue weighted by Gasteiger charge is -2.22. The van der Waals surface area contributed by atoms with E-state index in [1.807, 2.05) is 0 Å². The third-order valence-corrected chi connectivity index (χ3v) is 3.02. The summed E-state index contributed by atoms with van der Waals surface area (Å²) < 4.78 is 0. The van der Waals surface area contributed by atoms with E-state index in [4.69, 9.17) is 5.11 Å². The second-order valence-electron chi connectivity index (χ2n) is 3.81. The highest BCUT2D eigenvalue weighted by Crippen LogP contribution is 2.20. The molecule has 0 aromatic heterocycles. The van der Waals surface area contributed by atoms with Gasteiger partial charge >= 0.3 is 0 Å². The van der Waals surface area contributed by atoms with Crippen molar-refractivity contribution in [2.75, 3.05) is 25.4 Å². The number of hydrogen-bond acceptors (Lipinski definition) is 3. The standard InChI is InChI=1S/C11H21NOS/c13-9-4-6-11-5-3-8-12(11)7-1-2-10-14/h1-2,11,13-14H,3-10H2. The van der Waals surface area contributed by atoms with E-state index in [2.05, 4.69) is 29.7 Å². The van der Waals surface area contributed by atoms with Crippen molar-refractivity contribution in [1.29, 1.82) is 0 Å². The monoisotopic (exact) mass is 215 g/mol. The van der Waals surface area contributed by atoms with Crippen molar-refractivity contribution in [2.24, 2.45) is 0 Å². The molecule has 1 fully saturated rings. The molecule has 0 radical (unpaired) electrons. The molecule has 0 spiro atoms.